The molecule has 1 fully saturated rings. The summed E-state index contributed by atoms with van der Waals surface area (Å²) in [6.07, 6.45) is 1.98. The van der Waals surface area contributed by atoms with Crippen LogP contribution in [0.15, 0.2) is 53.5 Å². The Morgan fingerprint density at radius 1 is 1.16 bits per heavy atom. The van der Waals surface area contributed by atoms with E-state index in [1.807, 2.05) is 37.2 Å². The highest BCUT2D eigenvalue weighted by atomic mass is 16.5. The van der Waals surface area contributed by atoms with Crippen LogP contribution >= 0.6 is 0 Å². The van der Waals surface area contributed by atoms with Crippen molar-refractivity contribution in [1.82, 2.24) is 5.32 Å². The van der Waals surface area contributed by atoms with Crippen LogP contribution in [-0.2, 0) is 9.47 Å². The highest BCUT2D eigenvalue weighted by Crippen LogP contribution is 2.15. The van der Waals surface area contributed by atoms with E-state index in [0.717, 1.165) is 25.1 Å². The highest BCUT2D eigenvalue weighted by molar-refractivity contribution is 6.10. The van der Waals surface area contributed by atoms with Crippen LogP contribution in [0.5, 0.6) is 0 Å². The number of rotatable bonds is 6. The summed E-state index contributed by atoms with van der Waals surface area (Å²) in [6, 6.07) is 14.1. The van der Waals surface area contributed by atoms with Crippen LogP contribution in [0.2, 0.25) is 0 Å². The van der Waals surface area contributed by atoms with E-state index in [1.165, 1.54) is 7.11 Å². The molecule has 1 heterocycles. The van der Waals surface area contributed by atoms with Gasteiger partial charge in [0, 0.05) is 37.6 Å². The summed E-state index contributed by atoms with van der Waals surface area (Å²) in [5.74, 6) is -0.435. The van der Waals surface area contributed by atoms with Crippen molar-refractivity contribution in [3.63, 3.8) is 0 Å². The van der Waals surface area contributed by atoms with Gasteiger partial charge in [0.2, 0.25) is 5.96 Å². The van der Waals surface area contributed by atoms with E-state index in [0.29, 0.717) is 23.4 Å². The molecule has 1 amide bonds. The minimum absolute atomic E-state index is 0.0344. The molecule has 0 spiro atoms. The van der Waals surface area contributed by atoms with E-state index >= 15 is 0 Å². The monoisotopic (exact) mass is 424 g/mol. The first-order valence-electron chi connectivity index (χ1n) is 10.2. The van der Waals surface area contributed by atoms with E-state index < -0.39 is 5.97 Å². The molecule has 0 radical (unpaired) electrons. The molecule has 8 heteroatoms. The molecule has 0 bridgehead atoms. The average molecular weight is 425 g/mol. The molecule has 0 unspecified atom stereocenters. The number of nitrogens with one attached hydrogen (secondary N) is 2. The van der Waals surface area contributed by atoms with Gasteiger partial charge in [-0.15, -0.1) is 0 Å². The molecule has 2 aromatic carbocycles. The number of esters is 1. The van der Waals surface area contributed by atoms with Gasteiger partial charge in [-0.3, -0.25) is 10.1 Å². The van der Waals surface area contributed by atoms with Gasteiger partial charge < -0.3 is 19.7 Å². The number of hydrogen-bond donors (Lipinski definition) is 2. The molecular formula is C23H28N4O4. The van der Waals surface area contributed by atoms with Crippen molar-refractivity contribution < 1.29 is 19.1 Å². The number of aliphatic imine (C=N–C) groups is 1. The highest BCUT2D eigenvalue weighted by Gasteiger charge is 2.17. The molecule has 1 aliphatic heterocycles. The fraction of sp³-hybridized carbons (Fsp3) is 0.348. The molecule has 2 aromatic rings. The maximum Gasteiger partial charge on any atom is 0.337 e. The van der Waals surface area contributed by atoms with Crippen LogP contribution in [0.3, 0.4) is 0 Å². The predicted octanol–water partition coefficient (Wildman–Crippen LogP) is 2.92. The number of hydrogen-bond acceptors (Lipinski definition) is 6. The molecule has 2 N–H and O–H groups in total. The Labute approximate surface area is 182 Å². The molecule has 0 aromatic heterocycles. The van der Waals surface area contributed by atoms with Crippen LogP contribution in [-0.4, -0.2) is 58.3 Å². The van der Waals surface area contributed by atoms with Gasteiger partial charge in [-0.1, -0.05) is 12.1 Å². The summed E-state index contributed by atoms with van der Waals surface area (Å²) < 4.78 is 10.4. The van der Waals surface area contributed by atoms with Gasteiger partial charge in [-0.05, 0) is 49.2 Å². The number of amides is 1. The van der Waals surface area contributed by atoms with E-state index in [1.54, 1.807) is 30.3 Å². The zero-order valence-corrected chi connectivity index (χ0v) is 18.1. The van der Waals surface area contributed by atoms with Gasteiger partial charge in [0.05, 0.1) is 25.3 Å². The lowest BCUT2D eigenvalue weighted by molar-refractivity contribution is 0.0600. The Kier molecular flexibility index (Phi) is 7.61. The molecule has 3 rings (SSSR count). The van der Waals surface area contributed by atoms with Gasteiger partial charge in [-0.2, -0.15) is 0 Å². The van der Waals surface area contributed by atoms with Crippen LogP contribution < -0.4 is 15.5 Å². The number of nitrogens with zero attached hydrogens (tertiary/aromatic N) is 2. The van der Waals surface area contributed by atoms with Gasteiger partial charge >= 0.3 is 5.97 Å². The smallest absolute Gasteiger partial charge is 0.337 e. The van der Waals surface area contributed by atoms with E-state index in [9.17, 15) is 9.59 Å². The van der Waals surface area contributed by atoms with Crippen molar-refractivity contribution in [2.45, 2.75) is 18.9 Å². The third-order valence-corrected chi connectivity index (χ3v) is 4.88. The minimum atomic E-state index is -0.439. The molecule has 1 aliphatic rings. The molecule has 8 nitrogen and oxygen atoms in total. The summed E-state index contributed by atoms with van der Waals surface area (Å²) in [4.78, 5) is 31.2. The van der Waals surface area contributed by atoms with Crippen molar-refractivity contribution in [2.75, 3.05) is 44.6 Å². The largest absolute Gasteiger partial charge is 0.465 e. The SMILES string of the molecule is COC(=O)c1cccc(NC(=NC[C@H]2CCCO2)NC(=O)c2cccc(N(C)C)c2)c1. The Morgan fingerprint density at radius 2 is 1.94 bits per heavy atom. The summed E-state index contributed by atoms with van der Waals surface area (Å²) >= 11 is 0. The number of methoxy groups -OCH3 is 1. The summed E-state index contributed by atoms with van der Waals surface area (Å²) in [5.41, 5.74) is 2.44. The van der Waals surface area contributed by atoms with E-state index in [-0.39, 0.29) is 18.0 Å². The van der Waals surface area contributed by atoms with Crippen LogP contribution in [0.1, 0.15) is 33.6 Å². The Morgan fingerprint density at radius 3 is 2.65 bits per heavy atom. The maximum absolute atomic E-state index is 12.9. The molecule has 1 atom stereocenters. The van der Waals surface area contributed by atoms with Gasteiger partial charge in [0.15, 0.2) is 0 Å². The fourth-order valence-electron chi connectivity index (χ4n) is 3.18. The second kappa shape index (κ2) is 10.6. The number of ether oxygens (including phenoxy) is 2. The lowest BCUT2D eigenvalue weighted by atomic mass is 10.2. The number of benzene rings is 2. The van der Waals surface area contributed by atoms with Crippen LogP contribution in [0.4, 0.5) is 11.4 Å². The first kappa shape index (κ1) is 22.3. The average Bonchev–Trinajstić information content (AvgIpc) is 3.31. The number of carbonyl (C=O) groups is 2. The number of guanidine groups is 1. The van der Waals surface area contributed by atoms with Crippen molar-refractivity contribution in [1.29, 1.82) is 0 Å². The quantitative estimate of drug-likeness (QED) is 0.421. The fourth-order valence-corrected chi connectivity index (χ4v) is 3.18. The summed E-state index contributed by atoms with van der Waals surface area (Å²) in [7, 11) is 5.17. The third kappa shape index (κ3) is 6.29. The van der Waals surface area contributed by atoms with Gasteiger partial charge in [-0.25, -0.2) is 9.79 Å². The third-order valence-electron chi connectivity index (χ3n) is 4.88. The lowest BCUT2D eigenvalue weighted by Crippen LogP contribution is -2.37. The van der Waals surface area contributed by atoms with Gasteiger partial charge in [0.1, 0.15) is 0 Å². The van der Waals surface area contributed by atoms with Crippen LogP contribution in [0, 0.1) is 0 Å². The lowest BCUT2D eigenvalue weighted by Gasteiger charge is -2.15. The molecule has 0 saturated carbocycles. The van der Waals surface area contributed by atoms with Crippen LogP contribution in [0.25, 0.3) is 0 Å². The van der Waals surface area contributed by atoms with E-state index in [2.05, 4.69) is 15.6 Å². The molecule has 0 aliphatic carbocycles. The first-order valence-corrected chi connectivity index (χ1v) is 10.2. The number of carbonyl (C=O) groups excluding carboxylic acids is 2. The first-order chi connectivity index (χ1) is 15.0. The predicted molar refractivity (Wildman–Crippen MR) is 121 cm³/mol. The van der Waals surface area contributed by atoms with Crippen molar-refractivity contribution >= 4 is 29.2 Å². The van der Waals surface area contributed by atoms with Gasteiger partial charge in [0.25, 0.3) is 5.91 Å². The van der Waals surface area contributed by atoms with E-state index in [4.69, 9.17) is 9.47 Å². The minimum Gasteiger partial charge on any atom is -0.465 e. The Hall–Kier alpha value is -3.39. The van der Waals surface area contributed by atoms with Crippen molar-refractivity contribution in [3.8, 4) is 0 Å². The second-order valence-electron chi connectivity index (χ2n) is 7.42. The normalized spacial score (nSPS) is 16.0. The zero-order valence-electron chi connectivity index (χ0n) is 18.1. The standard InChI is InChI=1S/C23H28N4O4/c1-27(2)19-10-5-7-16(14-19)21(28)26-23(24-15-20-11-6-12-31-20)25-18-9-4-8-17(13-18)22(29)30-3/h4-5,7-10,13-14,20H,6,11-12,15H2,1-3H3,(H2,24,25,26,28)/t20-/m1/s1. The maximum atomic E-state index is 12.9. The Bertz CT molecular complexity index is 952. The van der Waals surface area contributed by atoms with Crippen molar-refractivity contribution in [3.05, 3.63) is 59.7 Å². The van der Waals surface area contributed by atoms with Crippen molar-refractivity contribution in [2.24, 2.45) is 4.99 Å². The summed E-state index contributed by atoms with van der Waals surface area (Å²) in [6.45, 7) is 1.16. The number of anilines is 2. The second-order valence-corrected chi connectivity index (χ2v) is 7.42. The molecule has 164 valence electrons. The molecule has 1 saturated heterocycles. The summed E-state index contributed by atoms with van der Waals surface area (Å²) in [5, 5.41) is 5.95. The Balaban J connectivity index is 1.79. The molecular weight excluding hydrogens is 396 g/mol. The topological polar surface area (TPSA) is 92.3 Å². The zero-order chi connectivity index (χ0) is 22.2. The molecule has 31 heavy (non-hydrogen) atoms.